The van der Waals surface area contributed by atoms with Crippen molar-refractivity contribution in [3.05, 3.63) is 59.8 Å². The van der Waals surface area contributed by atoms with Gasteiger partial charge in [0, 0.05) is 37.0 Å². The lowest BCUT2D eigenvalue weighted by Gasteiger charge is -2.30. The molecule has 2 fully saturated rings. The van der Waals surface area contributed by atoms with Crippen molar-refractivity contribution in [1.29, 1.82) is 0 Å². The summed E-state index contributed by atoms with van der Waals surface area (Å²) >= 11 is 0. The molecule has 0 saturated carbocycles. The van der Waals surface area contributed by atoms with Gasteiger partial charge in [0.2, 0.25) is 0 Å². The molecule has 2 aliphatic heterocycles. The fraction of sp³-hybridized carbons (Fsp3) is 0.455. The molecular weight excluding hydrogens is 322 g/mol. The number of carbonyl (C=O) groups excluding carboxylic acids is 1. The van der Waals surface area contributed by atoms with Gasteiger partial charge in [0.05, 0.1) is 6.04 Å². The van der Waals surface area contributed by atoms with Crippen LogP contribution in [-0.4, -0.2) is 35.4 Å². The number of likely N-dealkylation sites (tertiary alicyclic amines) is 1. The Morgan fingerprint density at radius 1 is 0.885 bits per heavy atom. The maximum Gasteiger partial charge on any atom is 0.254 e. The van der Waals surface area contributed by atoms with E-state index in [0.29, 0.717) is 0 Å². The summed E-state index contributed by atoms with van der Waals surface area (Å²) in [5.74, 6) is 1.23. The van der Waals surface area contributed by atoms with Crippen LogP contribution in [0.15, 0.2) is 48.7 Å². The quantitative estimate of drug-likeness (QED) is 0.822. The van der Waals surface area contributed by atoms with Gasteiger partial charge in [-0.3, -0.25) is 4.79 Å². The summed E-state index contributed by atoms with van der Waals surface area (Å²) in [6.45, 7) is 2.97. The smallest absolute Gasteiger partial charge is 0.254 e. The lowest BCUT2D eigenvalue weighted by molar-refractivity contribution is 0.0736. The average Bonchev–Trinajstić information content (AvgIpc) is 3.03. The Balaban J connectivity index is 1.63. The number of hydrogen-bond acceptors (Lipinski definition) is 3. The van der Waals surface area contributed by atoms with Gasteiger partial charge in [-0.25, -0.2) is 4.98 Å². The van der Waals surface area contributed by atoms with Gasteiger partial charge in [-0.2, -0.15) is 0 Å². The van der Waals surface area contributed by atoms with E-state index < -0.39 is 0 Å². The molecule has 4 nitrogen and oxygen atoms in total. The minimum Gasteiger partial charge on any atom is -0.356 e. The molecule has 3 heterocycles. The lowest BCUT2D eigenvalue weighted by Crippen LogP contribution is -2.33. The van der Waals surface area contributed by atoms with Crippen molar-refractivity contribution >= 4 is 11.7 Å². The van der Waals surface area contributed by atoms with Crippen LogP contribution in [0.4, 0.5) is 5.82 Å². The number of pyridine rings is 1. The van der Waals surface area contributed by atoms with Gasteiger partial charge in [-0.05, 0) is 43.9 Å². The monoisotopic (exact) mass is 349 g/mol. The molecule has 0 radical (unpaired) electrons. The highest BCUT2D eigenvalue weighted by atomic mass is 16.2. The Labute approximate surface area is 155 Å². The fourth-order valence-electron chi connectivity index (χ4n) is 4.30. The first-order valence-electron chi connectivity index (χ1n) is 9.90. The molecule has 2 aliphatic rings. The zero-order valence-corrected chi connectivity index (χ0v) is 15.3. The summed E-state index contributed by atoms with van der Waals surface area (Å²) in [6, 6.07) is 14.0. The third-order valence-corrected chi connectivity index (χ3v) is 5.62. The predicted molar refractivity (Wildman–Crippen MR) is 104 cm³/mol. The van der Waals surface area contributed by atoms with E-state index in [0.717, 1.165) is 43.9 Å². The number of anilines is 1. The number of nitrogens with zero attached hydrogens (tertiary/aromatic N) is 3. The highest BCUT2D eigenvalue weighted by Crippen LogP contribution is 2.37. The van der Waals surface area contributed by atoms with E-state index in [4.69, 9.17) is 4.98 Å². The van der Waals surface area contributed by atoms with Crippen molar-refractivity contribution in [1.82, 2.24) is 9.88 Å². The van der Waals surface area contributed by atoms with Crippen molar-refractivity contribution in [2.45, 2.75) is 44.6 Å². The second-order valence-electron chi connectivity index (χ2n) is 7.34. The van der Waals surface area contributed by atoms with Gasteiger partial charge in [0.15, 0.2) is 0 Å². The highest BCUT2D eigenvalue weighted by Gasteiger charge is 2.33. The van der Waals surface area contributed by atoms with Gasteiger partial charge in [0.25, 0.3) is 5.91 Å². The zero-order chi connectivity index (χ0) is 17.8. The van der Waals surface area contributed by atoms with Gasteiger partial charge in [0.1, 0.15) is 5.82 Å². The van der Waals surface area contributed by atoms with Crippen LogP contribution in [0.1, 0.15) is 60.5 Å². The molecule has 1 aromatic heterocycles. The molecule has 1 aromatic carbocycles. The van der Waals surface area contributed by atoms with Gasteiger partial charge < -0.3 is 9.80 Å². The molecule has 0 unspecified atom stereocenters. The van der Waals surface area contributed by atoms with E-state index in [9.17, 15) is 4.79 Å². The minimum absolute atomic E-state index is 0.134. The minimum atomic E-state index is 0.134. The molecule has 2 saturated heterocycles. The highest BCUT2D eigenvalue weighted by molar-refractivity contribution is 5.94. The molecule has 2 aromatic rings. The van der Waals surface area contributed by atoms with Crippen LogP contribution in [0.2, 0.25) is 0 Å². The van der Waals surface area contributed by atoms with Crippen molar-refractivity contribution < 1.29 is 4.79 Å². The second-order valence-corrected chi connectivity index (χ2v) is 7.34. The van der Waals surface area contributed by atoms with Gasteiger partial charge in [-0.15, -0.1) is 0 Å². The van der Waals surface area contributed by atoms with Crippen molar-refractivity contribution in [3.8, 4) is 0 Å². The molecule has 0 spiro atoms. The first-order chi connectivity index (χ1) is 12.8. The van der Waals surface area contributed by atoms with Crippen LogP contribution in [0.3, 0.4) is 0 Å². The van der Waals surface area contributed by atoms with Crippen LogP contribution in [0.25, 0.3) is 0 Å². The summed E-state index contributed by atoms with van der Waals surface area (Å²) in [4.78, 5) is 22.3. The predicted octanol–water partition coefficient (Wildman–Crippen LogP) is 4.44. The van der Waals surface area contributed by atoms with Crippen LogP contribution in [0.5, 0.6) is 0 Å². The molecule has 0 bridgehead atoms. The Morgan fingerprint density at radius 3 is 2.42 bits per heavy atom. The largest absolute Gasteiger partial charge is 0.356 e. The molecule has 1 atom stereocenters. The SMILES string of the molecule is O=C(c1ccccc1)N1CCC[C@H]1c1cccnc1N1CCCCCC1. The second kappa shape index (κ2) is 7.90. The van der Waals surface area contributed by atoms with E-state index in [1.54, 1.807) is 0 Å². The zero-order valence-electron chi connectivity index (χ0n) is 15.3. The van der Waals surface area contributed by atoms with Crippen LogP contribution >= 0.6 is 0 Å². The van der Waals surface area contributed by atoms with E-state index >= 15 is 0 Å². The molecule has 0 N–H and O–H groups in total. The van der Waals surface area contributed by atoms with Crippen LogP contribution < -0.4 is 4.90 Å². The Hall–Kier alpha value is -2.36. The van der Waals surface area contributed by atoms with E-state index in [2.05, 4.69) is 11.0 Å². The summed E-state index contributed by atoms with van der Waals surface area (Å²) in [5, 5.41) is 0. The molecule has 1 amide bonds. The number of carbonyl (C=O) groups is 1. The summed E-state index contributed by atoms with van der Waals surface area (Å²) < 4.78 is 0. The third-order valence-electron chi connectivity index (χ3n) is 5.62. The molecule has 26 heavy (non-hydrogen) atoms. The number of benzene rings is 1. The van der Waals surface area contributed by atoms with E-state index in [1.807, 2.05) is 47.5 Å². The molecule has 4 heteroatoms. The molecule has 0 aliphatic carbocycles. The summed E-state index contributed by atoms with van der Waals surface area (Å²) in [5.41, 5.74) is 2.00. The number of rotatable bonds is 3. The number of amides is 1. The Morgan fingerprint density at radius 2 is 1.65 bits per heavy atom. The first-order valence-corrected chi connectivity index (χ1v) is 9.90. The first kappa shape index (κ1) is 17.1. The topological polar surface area (TPSA) is 36.4 Å². The van der Waals surface area contributed by atoms with Gasteiger partial charge >= 0.3 is 0 Å². The fourth-order valence-corrected chi connectivity index (χ4v) is 4.30. The maximum atomic E-state index is 13.1. The Bertz CT molecular complexity index is 738. The van der Waals surface area contributed by atoms with Crippen molar-refractivity contribution in [2.24, 2.45) is 0 Å². The molecule has 4 rings (SSSR count). The van der Waals surface area contributed by atoms with E-state index in [-0.39, 0.29) is 11.9 Å². The van der Waals surface area contributed by atoms with Crippen molar-refractivity contribution in [2.75, 3.05) is 24.5 Å². The van der Waals surface area contributed by atoms with Crippen molar-refractivity contribution in [3.63, 3.8) is 0 Å². The maximum absolute atomic E-state index is 13.1. The standard InChI is InChI=1S/C22H27N3O/c26-22(18-10-4-3-5-11-18)25-17-9-13-20(25)19-12-8-14-23-21(19)24-15-6-1-2-7-16-24/h3-5,8,10-12,14,20H,1-2,6-7,9,13,15-17H2/t20-/m0/s1. The molecular formula is C22H27N3O. The summed E-state index contributed by atoms with van der Waals surface area (Å²) in [6.07, 6.45) is 9.03. The normalized spacial score (nSPS) is 20.8. The number of aromatic nitrogens is 1. The summed E-state index contributed by atoms with van der Waals surface area (Å²) in [7, 11) is 0. The van der Waals surface area contributed by atoms with Gasteiger partial charge in [-0.1, -0.05) is 37.1 Å². The van der Waals surface area contributed by atoms with Crippen LogP contribution in [-0.2, 0) is 0 Å². The lowest BCUT2D eigenvalue weighted by atomic mass is 10.0. The third kappa shape index (κ3) is 3.46. The Kier molecular flexibility index (Phi) is 5.19. The number of hydrogen-bond donors (Lipinski definition) is 0. The van der Waals surface area contributed by atoms with E-state index in [1.165, 1.54) is 31.2 Å². The molecule has 136 valence electrons. The van der Waals surface area contributed by atoms with Crippen LogP contribution in [0, 0.1) is 0 Å². The average molecular weight is 349 g/mol.